The van der Waals surface area contributed by atoms with Gasteiger partial charge >= 0.3 is 0 Å². The third-order valence-electron chi connectivity index (χ3n) is 4.90. The molecule has 32 heavy (non-hydrogen) atoms. The standard InChI is InChI=1S/C22H28ClN3O5S/c1-6-14(2)24-22(28)17-9-7-8-10-19(17)25-21(27)15(3)26(32(5,29)30)16-11-12-20(31-4)18(23)13-16/h7-15H,6H2,1-5H3,(H,24,28)(H,25,27)/t14-,15-/m0/s1. The first kappa shape index (κ1) is 25.5. The van der Waals surface area contributed by atoms with Crippen LogP contribution in [0.1, 0.15) is 37.6 Å². The molecule has 2 amide bonds. The Labute approximate surface area is 193 Å². The van der Waals surface area contributed by atoms with E-state index in [9.17, 15) is 18.0 Å². The van der Waals surface area contributed by atoms with Crippen molar-refractivity contribution in [3.05, 3.63) is 53.1 Å². The number of carbonyl (C=O) groups excluding carboxylic acids is 2. The molecule has 0 saturated heterocycles. The van der Waals surface area contributed by atoms with Crippen molar-refractivity contribution in [1.82, 2.24) is 5.32 Å². The van der Waals surface area contributed by atoms with E-state index < -0.39 is 22.0 Å². The highest BCUT2D eigenvalue weighted by Gasteiger charge is 2.30. The molecule has 2 atom stereocenters. The van der Waals surface area contributed by atoms with E-state index in [1.54, 1.807) is 24.3 Å². The van der Waals surface area contributed by atoms with Crippen LogP contribution in [0, 0.1) is 0 Å². The molecule has 2 N–H and O–H groups in total. The summed E-state index contributed by atoms with van der Waals surface area (Å²) in [5.74, 6) is -0.557. The third-order valence-corrected chi connectivity index (χ3v) is 6.43. The maximum Gasteiger partial charge on any atom is 0.253 e. The zero-order chi connectivity index (χ0) is 24.1. The van der Waals surface area contributed by atoms with E-state index in [1.165, 1.54) is 32.2 Å². The minimum Gasteiger partial charge on any atom is -0.495 e. The molecule has 2 aromatic rings. The SMILES string of the molecule is CC[C@H](C)NC(=O)c1ccccc1NC(=O)[C@H](C)N(c1ccc(OC)c(Cl)c1)S(C)(=O)=O. The average Bonchev–Trinajstić information content (AvgIpc) is 2.73. The number of amides is 2. The summed E-state index contributed by atoms with van der Waals surface area (Å²) in [6, 6.07) is 9.83. The lowest BCUT2D eigenvalue weighted by Gasteiger charge is -2.28. The van der Waals surface area contributed by atoms with E-state index >= 15 is 0 Å². The second kappa shape index (κ2) is 10.7. The first-order chi connectivity index (χ1) is 15.0. The fourth-order valence-corrected chi connectivity index (χ4v) is 4.45. The molecule has 2 aromatic carbocycles. The second-order valence-electron chi connectivity index (χ2n) is 7.37. The van der Waals surface area contributed by atoms with Crippen LogP contribution in [0.15, 0.2) is 42.5 Å². The van der Waals surface area contributed by atoms with Crippen molar-refractivity contribution in [3.63, 3.8) is 0 Å². The van der Waals surface area contributed by atoms with Gasteiger partial charge < -0.3 is 15.4 Å². The van der Waals surface area contributed by atoms with Gasteiger partial charge in [0.25, 0.3) is 5.91 Å². The summed E-state index contributed by atoms with van der Waals surface area (Å²) in [6.07, 6.45) is 1.76. The van der Waals surface area contributed by atoms with E-state index in [0.29, 0.717) is 5.75 Å². The van der Waals surface area contributed by atoms with Crippen molar-refractivity contribution in [2.45, 2.75) is 39.3 Å². The van der Waals surface area contributed by atoms with Crippen molar-refractivity contribution in [1.29, 1.82) is 0 Å². The van der Waals surface area contributed by atoms with Crippen molar-refractivity contribution >= 4 is 44.8 Å². The van der Waals surface area contributed by atoms with Gasteiger partial charge in [-0.25, -0.2) is 8.42 Å². The van der Waals surface area contributed by atoms with Gasteiger partial charge in [-0.2, -0.15) is 0 Å². The summed E-state index contributed by atoms with van der Waals surface area (Å²) in [7, 11) is -2.40. The van der Waals surface area contributed by atoms with Crippen LogP contribution in [-0.2, 0) is 14.8 Å². The predicted molar refractivity (Wildman–Crippen MR) is 127 cm³/mol. The van der Waals surface area contributed by atoms with E-state index in [2.05, 4.69) is 10.6 Å². The smallest absolute Gasteiger partial charge is 0.253 e. The number of hydrogen-bond acceptors (Lipinski definition) is 5. The van der Waals surface area contributed by atoms with Gasteiger partial charge in [-0.1, -0.05) is 30.7 Å². The van der Waals surface area contributed by atoms with Gasteiger partial charge in [-0.3, -0.25) is 13.9 Å². The van der Waals surface area contributed by atoms with Gasteiger partial charge in [0.2, 0.25) is 15.9 Å². The van der Waals surface area contributed by atoms with Crippen LogP contribution in [0.5, 0.6) is 5.75 Å². The summed E-state index contributed by atoms with van der Waals surface area (Å²) >= 11 is 6.16. The molecule has 0 aliphatic carbocycles. The Bertz CT molecular complexity index is 1090. The molecule has 0 bridgehead atoms. The number of ether oxygens (including phenoxy) is 1. The summed E-state index contributed by atoms with van der Waals surface area (Å²) in [6.45, 7) is 5.28. The van der Waals surface area contributed by atoms with Gasteiger partial charge in [-0.05, 0) is 50.6 Å². The molecule has 0 spiro atoms. The van der Waals surface area contributed by atoms with Crippen LogP contribution in [0.4, 0.5) is 11.4 Å². The Morgan fingerprint density at radius 3 is 2.38 bits per heavy atom. The number of anilines is 2. The molecule has 0 radical (unpaired) electrons. The lowest BCUT2D eigenvalue weighted by molar-refractivity contribution is -0.116. The molecular formula is C22H28ClN3O5S. The average molecular weight is 482 g/mol. The number of rotatable bonds is 9. The molecule has 0 heterocycles. The fourth-order valence-electron chi connectivity index (χ4n) is 3.03. The van der Waals surface area contributed by atoms with Crippen LogP contribution in [-0.4, -0.2) is 45.7 Å². The second-order valence-corrected chi connectivity index (χ2v) is 9.64. The lowest BCUT2D eigenvalue weighted by Crippen LogP contribution is -2.45. The number of sulfonamides is 1. The minimum absolute atomic E-state index is 0.0364. The van der Waals surface area contributed by atoms with Gasteiger partial charge in [-0.15, -0.1) is 0 Å². The van der Waals surface area contributed by atoms with Crippen LogP contribution >= 0.6 is 11.6 Å². The Hall–Kier alpha value is -2.78. The quantitative estimate of drug-likeness (QED) is 0.568. The Balaban J connectivity index is 2.34. The number of halogens is 1. The molecule has 174 valence electrons. The van der Waals surface area contributed by atoms with Crippen molar-refractivity contribution in [2.75, 3.05) is 23.0 Å². The predicted octanol–water partition coefficient (Wildman–Crippen LogP) is 3.67. The number of hydrogen-bond donors (Lipinski definition) is 2. The zero-order valence-electron chi connectivity index (χ0n) is 18.7. The van der Waals surface area contributed by atoms with Gasteiger partial charge in [0.05, 0.1) is 35.3 Å². The number of nitrogens with one attached hydrogen (secondary N) is 2. The summed E-state index contributed by atoms with van der Waals surface area (Å²) in [5.41, 5.74) is 0.780. The monoisotopic (exact) mass is 481 g/mol. The highest BCUT2D eigenvalue weighted by Crippen LogP contribution is 2.31. The van der Waals surface area contributed by atoms with Crippen LogP contribution in [0.3, 0.4) is 0 Å². The molecule has 0 unspecified atom stereocenters. The number of benzene rings is 2. The van der Waals surface area contributed by atoms with E-state index in [0.717, 1.165) is 17.0 Å². The summed E-state index contributed by atoms with van der Waals surface area (Å²) in [5, 5.41) is 5.74. The Morgan fingerprint density at radius 2 is 1.81 bits per heavy atom. The van der Waals surface area contributed by atoms with Crippen molar-refractivity contribution in [3.8, 4) is 5.75 Å². The van der Waals surface area contributed by atoms with Crippen molar-refractivity contribution < 1.29 is 22.7 Å². The Kier molecular flexibility index (Phi) is 8.51. The molecule has 2 rings (SSSR count). The molecular weight excluding hydrogens is 454 g/mol. The van der Waals surface area contributed by atoms with Crippen molar-refractivity contribution in [2.24, 2.45) is 0 Å². The molecule has 0 aromatic heterocycles. The highest BCUT2D eigenvalue weighted by molar-refractivity contribution is 7.92. The van der Waals surface area contributed by atoms with E-state index in [-0.39, 0.29) is 33.9 Å². The molecule has 0 aliphatic rings. The normalized spacial score (nSPS) is 13.1. The number of nitrogens with zero attached hydrogens (tertiary/aromatic N) is 1. The number of carbonyl (C=O) groups is 2. The third kappa shape index (κ3) is 6.14. The maximum absolute atomic E-state index is 13.0. The maximum atomic E-state index is 13.0. The van der Waals surface area contributed by atoms with E-state index in [1.807, 2.05) is 13.8 Å². The molecule has 8 nitrogen and oxygen atoms in total. The fraction of sp³-hybridized carbons (Fsp3) is 0.364. The molecule has 10 heteroatoms. The summed E-state index contributed by atoms with van der Waals surface area (Å²) in [4.78, 5) is 25.6. The molecule has 0 saturated carbocycles. The van der Waals surface area contributed by atoms with Crippen LogP contribution in [0.25, 0.3) is 0 Å². The Morgan fingerprint density at radius 1 is 1.16 bits per heavy atom. The molecule has 0 fully saturated rings. The zero-order valence-corrected chi connectivity index (χ0v) is 20.3. The van der Waals surface area contributed by atoms with Gasteiger partial charge in [0.15, 0.2) is 0 Å². The minimum atomic E-state index is -3.84. The van der Waals surface area contributed by atoms with Gasteiger partial charge in [0, 0.05) is 6.04 Å². The largest absolute Gasteiger partial charge is 0.495 e. The van der Waals surface area contributed by atoms with E-state index in [4.69, 9.17) is 16.3 Å². The van der Waals surface area contributed by atoms with Crippen LogP contribution < -0.4 is 19.7 Å². The number of methoxy groups -OCH3 is 1. The first-order valence-corrected chi connectivity index (χ1v) is 12.3. The topological polar surface area (TPSA) is 105 Å². The van der Waals surface area contributed by atoms with Crippen LogP contribution in [0.2, 0.25) is 5.02 Å². The highest BCUT2D eigenvalue weighted by atomic mass is 35.5. The lowest BCUT2D eigenvalue weighted by atomic mass is 10.1. The number of para-hydroxylation sites is 1. The molecule has 0 aliphatic heterocycles. The van der Waals surface area contributed by atoms with Gasteiger partial charge in [0.1, 0.15) is 11.8 Å². The first-order valence-electron chi connectivity index (χ1n) is 10.0. The summed E-state index contributed by atoms with van der Waals surface area (Å²) < 4.78 is 31.1.